The van der Waals surface area contributed by atoms with E-state index >= 15 is 0 Å². The van der Waals surface area contributed by atoms with Crippen molar-refractivity contribution in [3.8, 4) is 10.8 Å². The molecule has 0 aliphatic rings. The van der Waals surface area contributed by atoms with Crippen LogP contribution in [0.4, 0.5) is 5.69 Å². The lowest BCUT2D eigenvalue weighted by molar-refractivity contribution is 0.502. The summed E-state index contributed by atoms with van der Waals surface area (Å²) in [5.41, 5.74) is 7.17. The summed E-state index contributed by atoms with van der Waals surface area (Å²) in [5, 5.41) is 2.21. The molecule has 2 aromatic carbocycles. The zero-order chi connectivity index (χ0) is 12.5. The highest BCUT2D eigenvalue weighted by Gasteiger charge is 2.09. The number of nitrogens with two attached hydrogens (primary N) is 1. The van der Waals surface area contributed by atoms with Crippen LogP contribution in [-0.2, 0) is 0 Å². The minimum atomic E-state index is 0.493. The molecule has 2 N–H and O–H groups in total. The lowest BCUT2D eigenvalue weighted by Gasteiger charge is -2.05. The Morgan fingerprint density at radius 3 is 2.83 bits per heavy atom. The van der Waals surface area contributed by atoms with Crippen LogP contribution >= 0.6 is 23.1 Å². The number of hydrogen-bond acceptors (Lipinski definition) is 4. The van der Waals surface area contributed by atoms with Crippen molar-refractivity contribution in [1.82, 2.24) is 4.37 Å². The fourth-order valence-corrected chi connectivity index (χ4v) is 2.61. The highest BCUT2D eigenvalue weighted by Crippen LogP contribution is 2.37. The van der Waals surface area contributed by atoms with Gasteiger partial charge >= 0.3 is 0 Å². The third-order valence-electron chi connectivity index (χ3n) is 2.51. The molecule has 90 valence electrons. The maximum Gasteiger partial charge on any atom is 0.208 e. The summed E-state index contributed by atoms with van der Waals surface area (Å²) >= 11 is 7.39. The second kappa shape index (κ2) is 4.48. The molecule has 1 heterocycles. The van der Waals surface area contributed by atoms with Gasteiger partial charge in [-0.15, -0.1) is 0 Å². The van der Waals surface area contributed by atoms with Gasteiger partial charge in [0.2, 0.25) is 5.06 Å². The van der Waals surface area contributed by atoms with Crippen LogP contribution in [0.1, 0.15) is 0 Å². The number of rotatable bonds is 2. The van der Waals surface area contributed by atoms with Gasteiger partial charge in [-0.3, -0.25) is 0 Å². The van der Waals surface area contributed by atoms with Crippen molar-refractivity contribution in [2.24, 2.45) is 0 Å². The van der Waals surface area contributed by atoms with Gasteiger partial charge < -0.3 is 10.5 Å². The van der Waals surface area contributed by atoms with Crippen LogP contribution in [0.2, 0.25) is 5.02 Å². The molecule has 5 heteroatoms. The summed E-state index contributed by atoms with van der Waals surface area (Å²) in [6.45, 7) is 0. The second-order valence-electron chi connectivity index (χ2n) is 3.78. The Balaban J connectivity index is 2.01. The average molecular weight is 277 g/mol. The summed E-state index contributed by atoms with van der Waals surface area (Å²) in [7, 11) is 0. The first kappa shape index (κ1) is 11.3. The molecule has 0 bridgehead atoms. The number of aromatic nitrogens is 1. The van der Waals surface area contributed by atoms with E-state index in [-0.39, 0.29) is 0 Å². The van der Waals surface area contributed by atoms with Crippen LogP contribution in [-0.4, -0.2) is 4.37 Å². The highest BCUT2D eigenvalue weighted by molar-refractivity contribution is 7.09. The van der Waals surface area contributed by atoms with E-state index in [4.69, 9.17) is 22.1 Å². The van der Waals surface area contributed by atoms with Gasteiger partial charge in [0.25, 0.3) is 0 Å². The third-order valence-corrected chi connectivity index (χ3v) is 3.56. The third kappa shape index (κ3) is 2.00. The average Bonchev–Trinajstić information content (AvgIpc) is 2.76. The summed E-state index contributed by atoms with van der Waals surface area (Å²) < 4.78 is 10.1. The number of halogens is 1. The number of hydrogen-bond donors (Lipinski definition) is 1. The summed E-state index contributed by atoms with van der Waals surface area (Å²) in [6, 6.07) is 13.0. The predicted octanol–water partition coefficient (Wildman–Crippen LogP) is 4.32. The van der Waals surface area contributed by atoms with Gasteiger partial charge in [-0.2, -0.15) is 4.37 Å². The molecule has 0 spiro atoms. The van der Waals surface area contributed by atoms with Crippen molar-refractivity contribution in [2.75, 3.05) is 5.73 Å². The Labute approximate surface area is 113 Å². The van der Waals surface area contributed by atoms with E-state index in [1.54, 1.807) is 18.2 Å². The topological polar surface area (TPSA) is 48.1 Å². The van der Waals surface area contributed by atoms with E-state index < -0.39 is 0 Å². The van der Waals surface area contributed by atoms with Crippen LogP contribution in [0.3, 0.4) is 0 Å². The molecule has 0 unspecified atom stereocenters. The van der Waals surface area contributed by atoms with Crippen molar-refractivity contribution in [2.45, 2.75) is 0 Å². The molecule has 3 nitrogen and oxygen atoms in total. The predicted molar refractivity (Wildman–Crippen MR) is 75.6 cm³/mol. The molecule has 0 atom stereocenters. The Bertz CT molecular complexity index is 711. The minimum absolute atomic E-state index is 0.493. The van der Waals surface area contributed by atoms with Gasteiger partial charge in [0.15, 0.2) is 0 Å². The van der Waals surface area contributed by atoms with Crippen LogP contribution in [0.15, 0.2) is 42.5 Å². The second-order valence-corrected chi connectivity index (χ2v) is 4.92. The quantitative estimate of drug-likeness (QED) is 0.709. The first-order valence-electron chi connectivity index (χ1n) is 5.31. The number of anilines is 1. The molecule has 1 aromatic heterocycles. The Kier molecular flexibility index (Phi) is 2.81. The van der Waals surface area contributed by atoms with Crippen molar-refractivity contribution in [1.29, 1.82) is 0 Å². The number of nitrogens with zero attached hydrogens (tertiary/aromatic N) is 1. The summed E-state index contributed by atoms with van der Waals surface area (Å²) in [4.78, 5) is 0. The molecule has 0 aliphatic heterocycles. The SMILES string of the molecule is Nc1ccc(Oc2snc3ccccc23)c(Cl)c1. The molecule has 0 fully saturated rings. The van der Waals surface area contributed by atoms with Crippen LogP contribution in [0.25, 0.3) is 10.9 Å². The van der Waals surface area contributed by atoms with Gasteiger partial charge in [0.1, 0.15) is 5.75 Å². The summed E-state index contributed by atoms with van der Waals surface area (Å²) in [6.07, 6.45) is 0. The van der Waals surface area contributed by atoms with Gasteiger partial charge in [-0.05, 0) is 30.3 Å². The van der Waals surface area contributed by atoms with Crippen molar-refractivity contribution in [3.05, 3.63) is 47.5 Å². The smallest absolute Gasteiger partial charge is 0.208 e. The van der Waals surface area contributed by atoms with Crippen LogP contribution in [0.5, 0.6) is 10.8 Å². The molecule has 3 rings (SSSR count). The van der Waals surface area contributed by atoms with Crippen LogP contribution in [0, 0.1) is 0 Å². The molecular weight excluding hydrogens is 268 g/mol. The molecule has 0 saturated heterocycles. The zero-order valence-corrected chi connectivity index (χ0v) is 10.8. The molecule has 0 saturated carbocycles. The van der Waals surface area contributed by atoms with Crippen LogP contribution < -0.4 is 10.5 Å². The molecule has 0 amide bonds. The maximum atomic E-state index is 6.08. The lowest BCUT2D eigenvalue weighted by Crippen LogP contribution is -1.87. The molecule has 0 aliphatic carbocycles. The Morgan fingerprint density at radius 1 is 1.17 bits per heavy atom. The van der Waals surface area contributed by atoms with E-state index in [1.807, 2.05) is 24.3 Å². The zero-order valence-electron chi connectivity index (χ0n) is 9.26. The van der Waals surface area contributed by atoms with E-state index in [0.717, 1.165) is 16.0 Å². The number of ether oxygens (including phenoxy) is 1. The maximum absolute atomic E-state index is 6.08. The Morgan fingerprint density at radius 2 is 2.00 bits per heavy atom. The van der Waals surface area contributed by atoms with Crippen molar-refractivity contribution >= 4 is 39.7 Å². The normalized spacial score (nSPS) is 10.7. The van der Waals surface area contributed by atoms with E-state index in [2.05, 4.69) is 4.37 Å². The largest absolute Gasteiger partial charge is 0.443 e. The summed E-state index contributed by atoms with van der Waals surface area (Å²) in [5.74, 6) is 0.584. The fourth-order valence-electron chi connectivity index (χ4n) is 1.64. The van der Waals surface area contributed by atoms with Gasteiger partial charge in [-0.1, -0.05) is 23.7 Å². The number of nitrogen functional groups attached to an aromatic ring is 1. The van der Waals surface area contributed by atoms with Gasteiger partial charge in [-0.25, -0.2) is 0 Å². The van der Waals surface area contributed by atoms with Gasteiger partial charge in [0, 0.05) is 17.2 Å². The highest BCUT2D eigenvalue weighted by atomic mass is 35.5. The van der Waals surface area contributed by atoms with E-state index in [1.165, 1.54) is 11.5 Å². The fraction of sp³-hybridized carbons (Fsp3) is 0. The Hall–Kier alpha value is -1.78. The first-order valence-corrected chi connectivity index (χ1v) is 6.46. The van der Waals surface area contributed by atoms with E-state index in [0.29, 0.717) is 16.5 Å². The number of fused-ring (bicyclic) bond motifs is 1. The first-order chi connectivity index (χ1) is 8.74. The van der Waals surface area contributed by atoms with E-state index in [9.17, 15) is 0 Å². The monoisotopic (exact) mass is 276 g/mol. The standard InChI is InChI=1S/C13H9ClN2OS/c14-10-7-8(15)5-6-12(10)17-13-9-3-1-2-4-11(9)16-18-13/h1-7H,15H2. The molecule has 18 heavy (non-hydrogen) atoms. The molecule has 0 radical (unpaired) electrons. The lowest BCUT2D eigenvalue weighted by atomic mass is 10.2. The molecule has 3 aromatic rings. The van der Waals surface area contributed by atoms with Crippen molar-refractivity contribution < 1.29 is 4.74 Å². The van der Waals surface area contributed by atoms with Crippen molar-refractivity contribution in [3.63, 3.8) is 0 Å². The number of benzene rings is 2. The van der Waals surface area contributed by atoms with Gasteiger partial charge in [0.05, 0.1) is 15.9 Å². The molecular formula is C13H9ClN2OS. The minimum Gasteiger partial charge on any atom is -0.443 e.